The van der Waals surface area contributed by atoms with Gasteiger partial charge in [-0.2, -0.15) is 0 Å². The van der Waals surface area contributed by atoms with E-state index in [2.05, 4.69) is 10.6 Å². The van der Waals surface area contributed by atoms with Crippen molar-refractivity contribution in [1.82, 2.24) is 10.6 Å². The molecule has 0 saturated carbocycles. The van der Waals surface area contributed by atoms with Crippen LogP contribution in [0.3, 0.4) is 0 Å². The van der Waals surface area contributed by atoms with Gasteiger partial charge in [-0.05, 0) is 6.92 Å². The summed E-state index contributed by atoms with van der Waals surface area (Å²) >= 11 is 0. The van der Waals surface area contributed by atoms with Crippen molar-refractivity contribution in [2.24, 2.45) is 0 Å². The maximum atomic E-state index is 12.4. The van der Waals surface area contributed by atoms with Crippen LogP contribution in [0.1, 0.15) is 20.8 Å². The molecular formula is C28H48N2O20. The number of nitrogens with one attached hydrogen (secondary N) is 2. The Kier molecular flexibility index (Phi) is 14.2. The smallest absolute Gasteiger partial charge is 0.217 e. The maximum Gasteiger partial charge on any atom is 0.217 e. The van der Waals surface area contributed by atoms with Gasteiger partial charge in [0.2, 0.25) is 11.8 Å². The molecular weight excluding hydrogens is 684 g/mol. The van der Waals surface area contributed by atoms with Gasteiger partial charge in [-0.3, -0.25) is 9.59 Å². The van der Waals surface area contributed by atoms with Gasteiger partial charge in [0.05, 0.1) is 25.9 Å². The number of aliphatic hydroxyl groups is 11. The van der Waals surface area contributed by atoms with Gasteiger partial charge in [0.25, 0.3) is 0 Å². The van der Waals surface area contributed by atoms with Crippen molar-refractivity contribution < 1.29 is 98.9 Å². The molecule has 0 radical (unpaired) electrons. The zero-order valence-electron chi connectivity index (χ0n) is 27.3. The summed E-state index contributed by atoms with van der Waals surface area (Å²) in [4.78, 5) is 24.3. The van der Waals surface area contributed by atoms with E-state index in [-0.39, 0.29) is 0 Å². The lowest BCUT2D eigenvalue weighted by atomic mass is 9.94. The number of hydrogen-bond acceptors (Lipinski definition) is 20. The van der Waals surface area contributed by atoms with Crippen LogP contribution in [0.2, 0.25) is 0 Å². The van der Waals surface area contributed by atoms with Crippen LogP contribution in [-0.4, -0.2) is 211 Å². The summed E-state index contributed by atoms with van der Waals surface area (Å²) in [5.74, 6) is -1.43. The molecule has 0 aromatic rings. The highest BCUT2D eigenvalue weighted by atomic mass is 16.7. The lowest BCUT2D eigenvalue weighted by Gasteiger charge is -2.50. The molecule has 0 bridgehead atoms. The first-order valence-corrected chi connectivity index (χ1v) is 15.9. The Morgan fingerprint density at radius 2 is 1.08 bits per heavy atom. The second-order valence-corrected chi connectivity index (χ2v) is 12.6. The Hall–Kier alpha value is -1.78. The van der Waals surface area contributed by atoms with E-state index in [1.807, 2.05) is 0 Å². The Labute approximate surface area is 285 Å². The Morgan fingerprint density at radius 3 is 1.68 bits per heavy atom. The molecule has 290 valence electrons. The van der Waals surface area contributed by atoms with Crippen LogP contribution >= 0.6 is 0 Å². The first-order valence-electron chi connectivity index (χ1n) is 15.9. The van der Waals surface area contributed by atoms with Crippen molar-refractivity contribution >= 4 is 11.8 Å². The van der Waals surface area contributed by atoms with Gasteiger partial charge in [0.15, 0.2) is 25.2 Å². The number of amides is 2. The SMILES string of the molecule is CC(=O)N[C@@H]1[C@@H](O)[C@H](O[C@@H]2O[C@H](CO)[C@@H](O)[C@H](O[C@@H]3O[C@H](CO)[C@@H](O)[C@H](O)[C@@H]3O)[C@H]2NC(C)=O)[C@@H](CO[C@H]2O[C@@H](C)[C@@H](O)[C@@H](O)[C@@H]2O)O[C@H]1O. The van der Waals surface area contributed by atoms with Gasteiger partial charge in [-0.15, -0.1) is 0 Å². The van der Waals surface area contributed by atoms with Crippen LogP contribution in [0.25, 0.3) is 0 Å². The molecule has 50 heavy (non-hydrogen) atoms. The second kappa shape index (κ2) is 17.4. The average molecular weight is 733 g/mol. The summed E-state index contributed by atoms with van der Waals surface area (Å²) in [5.41, 5.74) is 0. The first-order chi connectivity index (χ1) is 23.5. The van der Waals surface area contributed by atoms with Gasteiger partial charge >= 0.3 is 0 Å². The summed E-state index contributed by atoms with van der Waals surface area (Å²) in [7, 11) is 0. The highest BCUT2D eigenvalue weighted by molar-refractivity contribution is 5.73. The van der Waals surface area contributed by atoms with Gasteiger partial charge in [-0.25, -0.2) is 0 Å². The van der Waals surface area contributed by atoms with Gasteiger partial charge in [0.1, 0.15) is 91.4 Å². The van der Waals surface area contributed by atoms with Crippen molar-refractivity contribution in [2.45, 2.75) is 143 Å². The highest BCUT2D eigenvalue weighted by Crippen LogP contribution is 2.33. The van der Waals surface area contributed by atoms with E-state index in [0.29, 0.717) is 0 Å². The quantitative estimate of drug-likeness (QED) is 0.0938. The van der Waals surface area contributed by atoms with E-state index >= 15 is 0 Å². The summed E-state index contributed by atoms with van der Waals surface area (Å²) < 4.78 is 39.6. The number of hydrogen-bond donors (Lipinski definition) is 13. The minimum atomic E-state index is -1.94. The number of carbonyl (C=O) groups excluding carboxylic acids is 2. The van der Waals surface area contributed by atoms with Crippen LogP contribution < -0.4 is 10.6 Å². The van der Waals surface area contributed by atoms with Crippen LogP contribution in [0.5, 0.6) is 0 Å². The molecule has 4 fully saturated rings. The Morgan fingerprint density at radius 1 is 0.560 bits per heavy atom. The van der Waals surface area contributed by atoms with Crippen molar-refractivity contribution in [3.63, 3.8) is 0 Å². The van der Waals surface area contributed by atoms with E-state index in [9.17, 15) is 65.8 Å². The molecule has 0 unspecified atom stereocenters. The van der Waals surface area contributed by atoms with E-state index in [4.69, 9.17) is 33.2 Å². The average Bonchev–Trinajstić information content (AvgIpc) is 3.06. The first kappa shape index (κ1) is 41.0. The molecule has 4 heterocycles. The summed E-state index contributed by atoms with van der Waals surface area (Å²) in [6.07, 6.45) is -29.9. The Bertz CT molecular complexity index is 1120. The molecule has 2 amide bonds. The zero-order valence-corrected chi connectivity index (χ0v) is 27.3. The molecule has 22 nitrogen and oxygen atoms in total. The lowest BCUT2D eigenvalue weighted by molar-refractivity contribution is -0.361. The lowest BCUT2D eigenvalue weighted by Crippen LogP contribution is -2.70. The monoisotopic (exact) mass is 732 g/mol. The van der Waals surface area contributed by atoms with Gasteiger partial charge in [0, 0.05) is 13.8 Å². The summed E-state index contributed by atoms with van der Waals surface area (Å²) in [6.45, 7) is 1.24. The number of ether oxygens (including phenoxy) is 7. The minimum Gasteiger partial charge on any atom is -0.394 e. The molecule has 0 spiro atoms. The molecule has 4 rings (SSSR count). The fourth-order valence-electron chi connectivity index (χ4n) is 6.19. The molecule has 4 saturated heterocycles. The molecule has 4 aliphatic heterocycles. The molecule has 22 heteroatoms. The van der Waals surface area contributed by atoms with Crippen molar-refractivity contribution in [3.8, 4) is 0 Å². The van der Waals surface area contributed by atoms with E-state index in [1.54, 1.807) is 0 Å². The third kappa shape index (κ3) is 8.87. The van der Waals surface area contributed by atoms with Crippen molar-refractivity contribution in [2.75, 3.05) is 19.8 Å². The molecule has 0 aromatic carbocycles. The van der Waals surface area contributed by atoms with E-state index in [1.165, 1.54) is 6.92 Å². The second-order valence-electron chi connectivity index (χ2n) is 12.6. The maximum absolute atomic E-state index is 12.4. The third-order valence-corrected chi connectivity index (χ3v) is 8.95. The van der Waals surface area contributed by atoms with Crippen LogP contribution in [0.15, 0.2) is 0 Å². The largest absolute Gasteiger partial charge is 0.394 e. The predicted molar refractivity (Wildman–Crippen MR) is 156 cm³/mol. The molecule has 4 aliphatic rings. The molecule has 0 aromatic heterocycles. The standard InChI is InChI=1S/C28H48N2O20/c1-7-15(35)19(39)21(41)27(45-7)44-6-12-23(18(38)13(25(43)46-12)29-8(2)33)49-26-14(30-9(3)34)24(17(37)11(5-32)47-26)50-28-22(42)20(40)16(36)10(4-31)48-28/h7,10-28,31-32,35-43H,4-6H2,1-3H3,(H,29,33)(H,30,34)/t7-,10+,11+,12+,13+,14+,15+,16+,17+,18+,19+,20-,21-,22-,23+,24+,25+,26-,27-,28-/m0/s1. The number of aliphatic hydroxyl groups excluding tert-OH is 11. The van der Waals surface area contributed by atoms with E-state index < -0.39 is 154 Å². The van der Waals surface area contributed by atoms with Crippen molar-refractivity contribution in [1.29, 1.82) is 0 Å². The highest BCUT2D eigenvalue weighted by Gasteiger charge is 2.55. The molecule has 13 N–H and O–H groups in total. The van der Waals surface area contributed by atoms with Crippen LogP contribution in [0.4, 0.5) is 0 Å². The van der Waals surface area contributed by atoms with Crippen LogP contribution in [-0.2, 0) is 42.7 Å². The van der Waals surface area contributed by atoms with Gasteiger partial charge < -0.3 is 100.0 Å². The fraction of sp³-hybridized carbons (Fsp3) is 0.929. The number of carbonyl (C=O) groups is 2. The summed E-state index contributed by atoms with van der Waals surface area (Å²) in [5, 5.41) is 119. The normalized spacial score (nSPS) is 48.5. The predicted octanol–water partition coefficient (Wildman–Crippen LogP) is -8.43. The minimum absolute atomic E-state index is 0.642. The van der Waals surface area contributed by atoms with Gasteiger partial charge in [-0.1, -0.05) is 0 Å². The van der Waals surface area contributed by atoms with E-state index in [0.717, 1.165) is 13.8 Å². The van der Waals surface area contributed by atoms with Crippen LogP contribution in [0, 0.1) is 0 Å². The molecule has 0 aliphatic carbocycles. The third-order valence-electron chi connectivity index (χ3n) is 8.95. The topological polar surface area (TPSA) is 345 Å². The number of rotatable bonds is 11. The summed E-state index contributed by atoms with van der Waals surface area (Å²) in [6, 6.07) is -3.09. The Balaban J connectivity index is 1.63. The van der Waals surface area contributed by atoms with Crippen molar-refractivity contribution in [3.05, 3.63) is 0 Å². The molecule has 20 atom stereocenters. The fourth-order valence-corrected chi connectivity index (χ4v) is 6.19. The zero-order chi connectivity index (χ0) is 37.2.